The number of halogens is 1. The van der Waals surface area contributed by atoms with E-state index in [0.29, 0.717) is 0 Å². The van der Waals surface area contributed by atoms with Crippen molar-refractivity contribution < 1.29 is 9.47 Å². The van der Waals surface area contributed by atoms with Crippen LogP contribution >= 0.6 is 16.1 Å². The lowest BCUT2D eigenvalue weighted by atomic mass is 10.1. The summed E-state index contributed by atoms with van der Waals surface area (Å²) in [5.74, 6) is -0.218. The first-order chi connectivity index (χ1) is 5.31. The van der Waals surface area contributed by atoms with E-state index in [2.05, 4.69) is 20.1 Å². The van der Waals surface area contributed by atoms with Crippen molar-refractivity contribution in [1.82, 2.24) is 3.93 Å². The molecule has 0 radical (unpaired) electrons. The summed E-state index contributed by atoms with van der Waals surface area (Å²) < 4.78 is 13.2. The van der Waals surface area contributed by atoms with Crippen LogP contribution in [0.15, 0.2) is 0 Å². The normalized spacial score (nSPS) is 31.4. The molecule has 3 nitrogen and oxygen atoms in total. The standard InChI is InChI=1S/C7H12BrNO2/c8-9-3-1-7(2-4-9)10-5-6-11-7/h1-6H2. The SMILES string of the molecule is BrN1CCC2(CC1)OCCO2. The maximum absolute atomic E-state index is 5.56. The van der Waals surface area contributed by atoms with Gasteiger partial charge in [0, 0.05) is 42.1 Å². The maximum Gasteiger partial charge on any atom is 0.171 e. The Bertz CT molecular complexity index is 137. The van der Waals surface area contributed by atoms with Crippen LogP contribution in [-0.4, -0.2) is 36.0 Å². The van der Waals surface area contributed by atoms with E-state index in [0.717, 1.165) is 39.1 Å². The average molecular weight is 222 g/mol. The van der Waals surface area contributed by atoms with Gasteiger partial charge in [0.15, 0.2) is 5.79 Å². The maximum atomic E-state index is 5.56. The molecule has 0 amide bonds. The predicted molar refractivity (Wildman–Crippen MR) is 44.4 cm³/mol. The van der Waals surface area contributed by atoms with Gasteiger partial charge in [0.1, 0.15) is 0 Å². The third-order valence-corrected chi connectivity index (χ3v) is 2.99. The van der Waals surface area contributed by atoms with Crippen molar-refractivity contribution in [2.45, 2.75) is 18.6 Å². The molecule has 0 atom stereocenters. The summed E-state index contributed by atoms with van der Waals surface area (Å²) in [6.07, 6.45) is 1.97. The summed E-state index contributed by atoms with van der Waals surface area (Å²) in [5.41, 5.74) is 0. The molecule has 1 spiro atoms. The average Bonchev–Trinajstić information content (AvgIpc) is 2.45. The zero-order valence-corrected chi connectivity index (χ0v) is 7.97. The third-order valence-electron chi connectivity index (χ3n) is 2.28. The monoisotopic (exact) mass is 221 g/mol. The lowest BCUT2D eigenvalue weighted by Gasteiger charge is -2.34. The Morgan fingerprint density at radius 1 is 1.09 bits per heavy atom. The highest BCUT2D eigenvalue weighted by atomic mass is 79.9. The molecule has 64 valence electrons. The fourth-order valence-electron chi connectivity index (χ4n) is 1.61. The zero-order chi connectivity index (χ0) is 7.73. The molecule has 2 fully saturated rings. The molecule has 0 aromatic heterocycles. The first-order valence-electron chi connectivity index (χ1n) is 3.99. The van der Waals surface area contributed by atoms with E-state index in [9.17, 15) is 0 Å². The van der Waals surface area contributed by atoms with E-state index >= 15 is 0 Å². The number of hydrogen-bond donors (Lipinski definition) is 0. The Hall–Kier alpha value is 0.360. The van der Waals surface area contributed by atoms with Gasteiger partial charge in [-0.05, 0) is 0 Å². The second kappa shape index (κ2) is 3.01. The minimum atomic E-state index is -0.218. The predicted octanol–water partition coefficient (Wildman–Crippen LogP) is 1.14. The Morgan fingerprint density at radius 3 is 2.18 bits per heavy atom. The first-order valence-corrected chi connectivity index (χ1v) is 4.70. The van der Waals surface area contributed by atoms with Crippen molar-refractivity contribution in [3.05, 3.63) is 0 Å². The minimum Gasteiger partial charge on any atom is -0.347 e. The number of ether oxygens (including phenoxy) is 2. The van der Waals surface area contributed by atoms with Gasteiger partial charge in [-0.1, -0.05) is 0 Å². The van der Waals surface area contributed by atoms with Gasteiger partial charge in [0.05, 0.1) is 13.2 Å². The fraction of sp³-hybridized carbons (Fsp3) is 1.00. The number of nitrogens with zero attached hydrogens (tertiary/aromatic N) is 1. The molecule has 2 heterocycles. The van der Waals surface area contributed by atoms with Crippen LogP contribution in [0.2, 0.25) is 0 Å². The van der Waals surface area contributed by atoms with Crippen LogP contribution in [0.5, 0.6) is 0 Å². The zero-order valence-electron chi connectivity index (χ0n) is 6.38. The van der Waals surface area contributed by atoms with E-state index in [1.165, 1.54) is 0 Å². The van der Waals surface area contributed by atoms with Gasteiger partial charge in [-0.25, -0.2) is 3.93 Å². The largest absolute Gasteiger partial charge is 0.347 e. The molecule has 0 aromatic carbocycles. The fourth-order valence-corrected chi connectivity index (χ4v) is 1.96. The van der Waals surface area contributed by atoms with Gasteiger partial charge in [-0.3, -0.25) is 0 Å². The molecule has 0 aromatic rings. The van der Waals surface area contributed by atoms with Crippen molar-refractivity contribution in [3.63, 3.8) is 0 Å². The van der Waals surface area contributed by atoms with E-state index in [-0.39, 0.29) is 5.79 Å². The van der Waals surface area contributed by atoms with E-state index in [1.807, 2.05) is 0 Å². The molecule has 0 N–H and O–H groups in total. The minimum absolute atomic E-state index is 0.218. The number of piperidine rings is 1. The second-order valence-corrected chi connectivity index (χ2v) is 4.02. The smallest absolute Gasteiger partial charge is 0.171 e. The molecular weight excluding hydrogens is 210 g/mol. The lowest BCUT2D eigenvalue weighted by molar-refractivity contribution is -0.178. The van der Waals surface area contributed by atoms with Crippen molar-refractivity contribution in [3.8, 4) is 0 Å². The van der Waals surface area contributed by atoms with E-state index < -0.39 is 0 Å². The summed E-state index contributed by atoms with van der Waals surface area (Å²) >= 11 is 3.44. The van der Waals surface area contributed by atoms with Crippen LogP contribution in [0.1, 0.15) is 12.8 Å². The van der Waals surface area contributed by atoms with Crippen LogP contribution < -0.4 is 0 Å². The van der Waals surface area contributed by atoms with Crippen LogP contribution in [0.4, 0.5) is 0 Å². The van der Waals surface area contributed by atoms with E-state index in [4.69, 9.17) is 9.47 Å². The lowest BCUT2D eigenvalue weighted by Crippen LogP contribution is -2.41. The van der Waals surface area contributed by atoms with Gasteiger partial charge < -0.3 is 9.47 Å². The Labute approximate surface area is 75.0 Å². The Kier molecular flexibility index (Phi) is 2.19. The highest BCUT2D eigenvalue weighted by Crippen LogP contribution is 2.31. The molecule has 0 bridgehead atoms. The summed E-state index contributed by atoms with van der Waals surface area (Å²) in [5, 5.41) is 0. The van der Waals surface area contributed by atoms with Crippen LogP contribution in [0, 0.1) is 0 Å². The number of hydrogen-bond acceptors (Lipinski definition) is 3. The van der Waals surface area contributed by atoms with Crippen LogP contribution in [-0.2, 0) is 9.47 Å². The van der Waals surface area contributed by atoms with Crippen LogP contribution in [0.25, 0.3) is 0 Å². The van der Waals surface area contributed by atoms with Crippen molar-refractivity contribution >= 4 is 16.1 Å². The van der Waals surface area contributed by atoms with Gasteiger partial charge in [-0.15, -0.1) is 0 Å². The summed E-state index contributed by atoms with van der Waals surface area (Å²) in [6.45, 7) is 3.56. The van der Waals surface area contributed by atoms with Crippen molar-refractivity contribution in [2.24, 2.45) is 0 Å². The Morgan fingerprint density at radius 2 is 1.64 bits per heavy atom. The summed E-state index contributed by atoms with van der Waals surface area (Å²) in [7, 11) is 0. The molecule has 2 aliphatic rings. The van der Waals surface area contributed by atoms with Crippen molar-refractivity contribution in [2.75, 3.05) is 26.3 Å². The topological polar surface area (TPSA) is 21.7 Å². The van der Waals surface area contributed by atoms with E-state index in [1.54, 1.807) is 0 Å². The molecule has 11 heavy (non-hydrogen) atoms. The van der Waals surface area contributed by atoms with Gasteiger partial charge in [0.25, 0.3) is 0 Å². The summed E-state index contributed by atoms with van der Waals surface area (Å²) in [6, 6.07) is 0. The third kappa shape index (κ3) is 1.59. The van der Waals surface area contributed by atoms with Crippen LogP contribution in [0.3, 0.4) is 0 Å². The Balaban J connectivity index is 1.94. The molecule has 0 saturated carbocycles. The highest BCUT2D eigenvalue weighted by Gasteiger charge is 2.39. The molecule has 0 unspecified atom stereocenters. The second-order valence-electron chi connectivity index (χ2n) is 3.02. The highest BCUT2D eigenvalue weighted by molar-refractivity contribution is 9.07. The summed E-state index contributed by atoms with van der Waals surface area (Å²) in [4.78, 5) is 0. The van der Waals surface area contributed by atoms with Gasteiger partial charge in [-0.2, -0.15) is 0 Å². The molecule has 2 saturated heterocycles. The molecule has 2 aliphatic heterocycles. The molecule has 0 aliphatic carbocycles. The number of rotatable bonds is 0. The van der Waals surface area contributed by atoms with Crippen molar-refractivity contribution in [1.29, 1.82) is 0 Å². The van der Waals surface area contributed by atoms with Gasteiger partial charge in [0.2, 0.25) is 0 Å². The van der Waals surface area contributed by atoms with Gasteiger partial charge >= 0.3 is 0 Å². The first kappa shape index (κ1) is 7.98. The molecule has 4 heteroatoms. The molecular formula is C7H12BrNO2. The quantitative estimate of drug-likeness (QED) is 0.573. The molecule has 2 rings (SSSR count).